The van der Waals surface area contributed by atoms with Gasteiger partial charge in [-0.3, -0.25) is 4.90 Å². The third kappa shape index (κ3) is 4.75. The summed E-state index contributed by atoms with van der Waals surface area (Å²) in [4.78, 5) is 2.48. The summed E-state index contributed by atoms with van der Waals surface area (Å²) in [7, 11) is 0. The van der Waals surface area contributed by atoms with Crippen LogP contribution in [0.5, 0.6) is 0 Å². The molecule has 1 unspecified atom stereocenters. The molecule has 0 radical (unpaired) electrons. The molecule has 118 valence electrons. The molecule has 0 aromatic heterocycles. The zero-order valence-electron chi connectivity index (χ0n) is 12.9. The monoisotopic (exact) mass is 343 g/mol. The summed E-state index contributed by atoms with van der Waals surface area (Å²) in [6.45, 7) is 2.26. The minimum Gasteiger partial charge on any atom is -0.290 e. The van der Waals surface area contributed by atoms with Crippen LogP contribution in [0.25, 0.3) is 0 Å². The summed E-state index contributed by atoms with van der Waals surface area (Å²) >= 11 is 11.9. The van der Waals surface area contributed by atoms with Gasteiger partial charge in [-0.2, -0.15) is 0 Å². The van der Waals surface area contributed by atoms with Crippen molar-refractivity contribution >= 4 is 23.2 Å². The van der Waals surface area contributed by atoms with E-state index in [1.54, 1.807) is 0 Å². The zero-order valence-corrected chi connectivity index (χ0v) is 14.4. The lowest BCUT2D eigenvalue weighted by atomic mass is 10.0. The molecule has 1 nitrogen and oxygen atoms in total. The van der Waals surface area contributed by atoms with Gasteiger partial charge in [-0.15, -0.1) is 0 Å². The fourth-order valence-electron chi connectivity index (χ4n) is 2.87. The Bertz CT molecular complexity index is 689. The van der Waals surface area contributed by atoms with Crippen molar-refractivity contribution in [3.8, 4) is 11.8 Å². The van der Waals surface area contributed by atoms with Crippen molar-refractivity contribution in [2.75, 3.05) is 13.1 Å². The molecular weight excluding hydrogens is 325 g/mol. The molecule has 0 saturated carbocycles. The van der Waals surface area contributed by atoms with E-state index in [9.17, 15) is 0 Å². The Morgan fingerprint density at radius 2 is 1.43 bits per heavy atom. The Morgan fingerprint density at radius 1 is 0.870 bits per heavy atom. The van der Waals surface area contributed by atoms with Crippen LogP contribution < -0.4 is 0 Å². The number of likely N-dealkylation sites (tertiary alicyclic amines) is 1. The number of halogens is 2. The Labute approximate surface area is 148 Å². The highest BCUT2D eigenvalue weighted by Gasteiger charge is 2.20. The van der Waals surface area contributed by atoms with Crippen LogP contribution in [0.4, 0.5) is 0 Å². The first-order valence-electron chi connectivity index (χ1n) is 7.96. The van der Waals surface area contributed by atoms with Gasteiger partial charge in [0, 0.05) is 15.6 Å². The maximum absolute atomic E-state index is 5.98. The maximum Gasteiger partial charge on any atom is 0.0759 e. The molecule has 1 atom stereocenters. The van der Waals surface area contributed by atoms with Gasteiger partial charge in [0.1, 0.15) is 0 Å². The van der Waals surface area contributed by atoms with Gasteiger partial charge in [0.15, 0.2) is 0 Å². The van der Waals surface area contributed by atoms with Crippen molar-refractivity contribution in [1.82, 2.24) is 4.90 Å². The Kier molecular flexibility index (Phi) is 5.62. The second kappa shape index (κ2) is 7.88. The van der Waals surface area contributed by atoms with Crippen LogP contribution >= 0.6 is 23.2 Å². The van der Waals surface area contributed by atoms with Gasteiger partial charge in [-0.05, 0) is 74.3 Å². The molecule has 0 amide bonds. The highest BCUT2D eigenvalue weighted by atomic mass is 35.5. The molecule has 1 aliphatic heterocycles. The molecule has 1 aliphatic rings. The van der Waals surface area contributed by atoms with Gasteiger partial charge in [-0.25, -0.2) is 0 Å². The summed E-state index contributed by atoms with van der Waals surface area (Å²) < 4.78 is 0. The van der Waals surface area contributed by atoms with Crippen LogP contribution in [-0.4, -0.2) is 24.0 Å². The van der Waals surface area contributed by atoms with Crippen LogP contribution in [0, 0.1) is 11.8 Å². The van der Waals surface area contributed by atoms with E-state index in [1.165, 1.54) is 18.4 Å². The second-order valence-electron chi connectivity index (χ2n) is 5.87. The number of benzene rings is 2. The summed E-state index contributed by atoms with van der Waals surface area (Å²) in [6.07, 6.45) is 3.46. The van der Waals surface area contributed by atoms with Crippen molar-refractivity contribution < 1.29 is 0 Å². The average molecular weight is 344 g/mol. The standard InChI is InChI=1S/C20H19Cl2N/c21-18-8-3-16(4-9-18)7-12-20(23-13-1-2-14-23)15-17-5-10-19(22)11-6-17/h3-6,8-11,20H,1-2,13-15H2. The Morgan fingerprint density at radius 3 is 2.04 bits per heavy atom. The molecule has 1 heterocycles. The topological polar surface area (TPSA) is 3.24 Å². The van der Waals surface area contributed by atoms with Crippen molar-refractivity contribution in [2.45, 2.75) is 25.3 Å². The maximum atomic E-state index is 5.98. The van der Waals surface area contributed by atoms with Crippen LogP contribution in [0.15, 0.2) is 48.5 Å². The summed E-state index contributed by atoms with van der Waals surface area (Å²) in [5.74, 6) is 6.76. The van der Waals surface area contributed by atoms with E-state index in [4.69, 9.17) is 23.2 Å². The number of hydrogen-bond donors (Lipinski definition) is 0. The molecular formula is C20H19Cl2N. The van der Waals surface area contributed by atoms with Crippen molar-refractivity contribution in [3.63, 3.8) is 0 Å². The molecule has 0 spiro atoms. The number of rotatable bonds is 3. The lowest BCUT2D eigenvalue weighted by Gasteiger charge is -2.23. The largest absolute Gasteiger partial charge is 0.290 e. The molecule has 23 heavy (non-hydrogen) atoms. The lowest BCUT2D eigenvalue weighted by Crippen LogP contribution is -2.33. The quantitative estimate of drug-likeness (QED) is 0.704. The van der Waals surface area contributed by atoms with Gasteiger partial charge in [0.25, 0.3) is 0 Å². The van der Waals surface area contributed by atoms with Gasteiger partial charge < -0.3 is 0 Å². The molecule has 3 heteroatoms. The van der Waals surface area contributed by atoms with Crippen LogP contribution in [-0.2, 0) is 6.42 Å². The van der Waals surface area contributed by atoms with E-state index in [-0.39, 0.29) is 6.04 Å². The third-order valence-corrected chi connectivity index (χ3v) is 4.66. The molecule has 0 N–H and O–H groups in total. The highest BCUT2D eigenvalue weighted by Crippen LogP contribution is 2.17. The van der Waals surface area contributed by atoms with E-state index in [0.29, 0.717) is 0 Å². The van der Waals surface area contributed by atoms with Crippen LogP contribution in [0.2, 0.25) is 10.0 Å². The van der Waals surface area contributed by atoms with Crippen molar-refractivity contribution in [1.29, 1.82) is 0 Å². The van der Waals surface area contributed by atoms with E-state index in [2.05, 4.69) is 28.9 Å². The molecule has 0 aliphatic carbocycles. The molecule has 2 aromatic rings. The fourth-order valence-corrected chi connectivity index (χ4v) is 3.12. The first kappa shape index (κ1) is 16.4. The summed E-state index contributed by atoms with van der Waals surface area (Å²) in [5, 5.41) is 1.52. The predicted octanol–water partition coefficient (Wildman–Crippen LogP) is 5.05. The van der Waals surface area contributed by atoms with Gasteiger partial charge in [-0.1, -0.05) is 47.2 Å². The van der Waals surface area contributed by atoms with Gasteiger partial charge >= 0.3 is 0 Å². The van der Waals surface area contributed by atoms with Gasteiger partial charge in [0.2, 0.25) is 0 Å². The summed E-state index contributed by atoms with van der Waals surface area (Å²) in [5.41, 5.74) is 2.28. The average Bonchev–Trinajstić information content (AvgIpc) is 3.09. The first-order valence-corrected chi connectivity index (χ1v) is 8.72. The SMILES string of the molecule is Clc1ccc(C#CC(Cc2ccc(Cl)cc2)N2CCCC2)cc1. The molecule has 1 saturated heterocycles. The van der Waals surface area contributed by atoms with Crippen molar-refractivity contribution in [3.05, 3.63) is 69.7 Å². The normalized spacial score (nSPS) is 15.9. The van der Waals surface area contributed by atoms with Crippen molar-refractivity contribution in [2.24, 2.45) is 0 Å². The highest BCUT2D eigenvalue weighted by molar-refractivity contribution is 6.30. The lowest BCUT2D eigenvalue weighted by molar-refractivity contribution is 0.290. The Hall–Kier alpha value is -1.46. The number of nitrogens with zero attached hydrogens (tertiary/aromatic N) is 1. The third-order valence-electron chi connectivity index (χ3n) is 4.15. The first-order chi connectivity index (χ1) is 11.2. The predicted molar refractivity (Wildman–Crippen MR) is 98.1 cm³/mol. The zero-order chi connectivity index (χ0) is 16.1. The smallest absolute Gasteiger partial charge is 0.0759 e. The molecule has 1 fully saturated rings. The molecule has 0 bridgehead atoms. The second-order valence-corrected chi connectivity index (χ2v) is 6.74. The summed E-state index contributed by atoms with van der Waals surface area (Å²) in [6, 6.07) is 16.0. The number of hydrogen-bond acceptors (Lipinski definition) is 1. The Balaban J connectivity index is 1.78. The minimum atomic E-state index is 0.245. The van der Waals surface area contributed by atoms with Crippen LogP contribution in [0.3, 0.4) is 0 Å². The van der Waals surface area contributed by atoms with Crippen LogP contribution in [0.1, 0.15) is 24.0 Å². The van der Waals surface area contributed by atoms with E-state index >= 15 is 0 Å². The van der Waals surface area contributed by atoms with E-state index < -0.39 is 0 Å². The fraction of sp³-hybridized carbons (Fsp3) is 0.300. The van der Waals surface area contributed by atoms with E-state index in [1.807, 2.05) is 36.4 Å². The van der Waals surface area contributed by atoms with Gasteiger partial charge in [0.05, 0.1) is 6.04 Å². The minimum absolute atomic E-state index is 0.245. The van der Waals surface area contributed by atoms with E-state index in [0.717, 1.165) is 35.1 Å². The molecule has 3 rings (SSSR count). The molecule has 2 aromatic carbocycles.